The Morgan fingerprint density at radius 3 is 2.94 bits per heavy atom. The smallest absolute Gasteiger partial charge is 0.151 e. The quantitative estimate of drug-likeness (QED) is 0.862. The molecule has 1 aliphatic heterocycles. The second-order valence-corrected chi connectivity index (χ2v) is 5.58. The van der Waals surface area contributed by atoms with Gasteiger partial charge in [-0.25, -0.2) is 4.98 Å². The van der Waals surface area contributed by atoms with E-state index in [4.69, 9.17) is 0 Å². The van der Waals surface area contributed by atoms with Crippen molar-refractivity contribution >= 4 is 0 Å². The van der Waals surface area contributed by atoms with Gasteiger partial charge in [0.1, 0.15) is 5.82 Å². The molecule has 1 N–H and O–H groups in total. The van der Waals surface area contributed by atoms with Crippen LogP contribution in [0.2, 0.25) is 0 Å². The maximum Gasteiger partial charge on any atom is 0.151 e. The largest absolute Gasteiger partial charge is 0.316 e. The molecule has 0 amide bonds. The van der Waals surface area contributed by atoms with E-state index in [9.17, 15) is 0 Å². The Balaban J connectivity index is 1.97. The minimum absolute atomic E-state index is 0.626. The van der Waals surface area contributed by atoms with Gasteiger partial charge in [0.2, 0.25) is 0 Å². The second-order valence-electron chi connectivity index (χ2n) is 5.58. The minimum Gasteiger partial charge on any atom is -0.316 e. The molecule has 4 heteroatoms. The summed E-state index contributed by atoms with van der Waals surface area (Å²) < 4.78 is 1.96. The first kappa shape index (κ1) is 12.6. The normalized spacial score (nSPS) is 21.1. The molecule has 0 aliphatic carbocycles. The van der Waals surface area contributed by atoms with Gasteiger partial charge in [0.15, 0.2) is 5.82 Å². The molecule has 96 valence electrons. The van der Waals surface area contributed by atoms with Crippen LogP contribution in [0.15, 0.2) is 0 Å². The van der Waals surface area contributed by atoms with Crippen molar-refractivity contribution in [1.82, 2.24) is 20.1 Å². The fraction of sp³-hybridized carbons (Fsp3) is 0.846. The van der Waals surface area contributed by atoms with Crippen LogP contribution in [-0.4, -0.2) is 27.9 Å². The summed E-state index contributed by atoms with van der Waals surface area (Å²) in [6.07, 6.45) is 4.66. The molecule has 17 heavy (non-hydrogen) atoms. The lowest BCUT2D eigenvalue weighted by Crippen LogP contribution is -2.31. The number of hydrogen-bond acceptors (Lipinski definition) is 3. The topological polar surface area (TPSA) is 42.7 Å². The summed E-state index contributed by atoms with van der Waals surface area (Å²) in [6.45, 7) is 6.72. The predicted octanol–water partition coefficient (Wildman–Crippen LogP) is 1.56. The highest BCUT2D eigenvalue weighted by Crippen LogP contribution is 2.15. The van der Waals surface area contributed by atoms with Gasteiger partial charge in [-0.2, -0.15) is 5.10 Å². The van der Waals surface area contributed by atoms with Crippen LogP contribution in [0, 0.1) is 11.8 Å². The fourth-order valence-corrected chi connectivity index (χ4v) is 2.46. The molecular formula is C13H24N4. The third-order valence-electron chi connectivity index (χ3n) is 3.36. The Kier molecular flexibility index (Phi) is 4.15. The number of rotatable bonds is 4. The van der Waals surface area contributed by atoms with Crippen LogP contribution in [0.4, 0.5) is 0 Å². The zero-order valence-corrected chi connectivity index (χ0v) is 11.2. The Labute approximate surface area is 104 Å². The average Bonchev–Trinajstić information content (AvgIpc) is 2.59. The van der Waals surface area contributed by atoms with Crippen molar-refractivity contribution in [2.75, 3.05) is 13.1 Å². The van der Waals surface area contributed by atoms with Crippen molar-refractivity contribution in [3.8, 4) is 0 Å². The van der Waals surface area contributed by atoms with Gasteiger partial charge in [-0.1, -0.05) is 13.8 Å². The Bertz CT molecular complexity index is 350. The summed E-state index contributed by atoms with van der Waals surface area (Å²) in [5, 5.41) is 7.96. The number of aromatic nitrogens is 3. The van der Waals surface area contributed by atoms with Crippen molar-refractivity contribution in [1.29, 1.82) is 0 Å². The summed E-state index contributed by atoms with van der Waals surface area (Å²) >= 11 is 0. The number of nitrogens with zero attached hydrogens (tertiary/aromatic N) is 3. The van der Waals surface area contributed by atoms with Crippen molar-refractivity contribution in [3.63, 3.8) is 0 Å². The lowest BCUT2D eigenvalue weighted by Gasteiger charge is -2.21. The predicted molar refractivity (Wildman–Crippen MR) is 68.8 cm³/mol. The molecule has 1 aromatic heterocycles. The summed E-state index contributed by atoms with van der Waals surface area (Å²) in [7, 11) is 2.02. The molecule has 1 unspecified atom stereocenters. The lowest BCUT2D eigenvalue weighted by atomic mass is 9.96. The molecule has 2 heterocycles. The van der Waals surface area contributed by atoms with Crippen molar-refractivity contribution in [2.24, 2.45) is 18.9 Å². The highest BCUT2D eigenvalue weighted by molar-refractivity contribution is 4.95. The molecular weight excluding hydrogens is 212 g/mol. The van der Waals surface area contributed by atoms with Crippen LogP contribution in [-0.2, 0) is 19.9 Å². The molecule has 4 nitrogen and oxygen atoms in total. The van der Waals surface area contributed by atoms with Gasteiger partial charge in [0.05, 0.1) is 0 Å². The van der Waals surface area contributed by atoms with E-state index in [1.54, 1.807) is 0 Å². The van der Waals surface area contributed by atoms with Crippen LogP contribution in [0.5, 0.6) is 0 Å². The van der Waals surface area contributed by atoms with Crippen molar-refractivity contribution in [2.45, 2.75) is 39.5 Å². The summed E-state index contributed by atoms with van der Waals surface area (Å²) in [6, 6.07) is 0. The summed E-state index contributed by atoms with van der Waals surface area (Å²) in [4.78, 5) is 4.67. The van der Waals surface area contributed by atoms with E-state index in [-0.39, 0.29) is 0 Å². The molecule has 1 atom stereocenters. The van der Waals surface area contributed by atoms with Gasteiger partial charge in [-0.05, 0) is 37.8 Å². The molecule has 0 aromatic carbocycles. The molecule has 1 aromatic rings. The molecule has 1 fully saturated rings. The number of nitrogens with one attached hydrogen (secondary N) is 1. The lowest BCUT2D eigenvalue weighted by molar-refractivity contribution is 0.366. The zero-order valence-electron chi connectivity index (χ0n) is 11.2. The third-order valence-corrected chi connectivity index (χ3v) is 3.36. The summed E-state index contributed by atoms with van der Waals surface area (Å²) in [5.74, 6) is 3.51. The molecule has 0 radical (unpaired) electrons. The van der Waals surface area contributed by atoms with E-state index < -0.39 is 0 Å². The van der Waals surface area contributed by atoms with E-state index in [1.807, 2.05) is 11.7 Å². The van der Waals surface area contributed by atoms with Gasteiger partial charge >= 0.3 is 0 Å². The van der Waals surface area contributed by atoms with Gasteiger partial charge in [-0.15, -0.1) is 0 Å². The number of aryl methyl sites for hydroxylation is 1. The van der Waals surface area contributed by atoms with E-state index in [0.717, 1.165) is 37.0 Å². The van der Waals surface area contributed by atoms with Gasteiger partial charge < -0.3 is 5.32 Å². The van der Waals surface area contributed by atoms with Crippen LogP contribution >= 0.6 is 0 Å². The van der Waals surface area contributed by atoms with Crippen LogP contribution < -0.4 is 5.32 Å². The van der Waals surface area contributed by atoms with Crippen molar-refractivity contribution in [3.05, 3.63) is 11.6 Å². The first-order valence-corrected chi connectivity index (χ1v) is 6.74. The van der Waals surface area contributed by atoms with Crippen molar-refractivity contribution < 1.29 is 0 Å². The van der Waals surface area contributed by atoms with Crippen LogP contribution in [0.25, 0.3) is 0 Å². The minimum atomic E-state index is 0.626. The monoisotopic (exact) mass is 236 g/mol. The third kappa shape index (κ3) is 3.53. The molecule has 0 saturated carbocycles. The maximum atomic E-state index is 4.67. The fourth-order valence-electron chi connectivity index (χ4n) is 2.46. The Morgan fingerprint density at radius 2 is 2.29 bits per heavy atom. The summed E-state index contributed by atoms with van der Waals surface area (Å²) in [5.41, 5.74) is 0. The average molecular weight is 236 g/mol. The van der Waals surface area contributed by atoms with E-state index in [1.165, 1.54) is 19.4 Å². The van der Waals surface area contributed by atoms with E-state index in [2.05, 4.69) is 29.2 Å². The number of hydrogen-bond donors (Lipinski definition) is 1. The van der Waals surface area contributed by atoms with Gasteiger partial charge in [0.25, 0.3) is 0 Å². The maximum absolute atomic E-state index is 4.67. The molecule has 0 spiro atoms. The zero-order chi connectivity index (χ0) is 12.3. The van der Waals surface area contributed by atoms with Crippen LogP contribution in [0.1, 0.15) is 38.3 Å². The Hall–Kier alpha value is -0.900. The standard InChI is InChI=1S/C13H24N4/c1-10(2)7-12-15-13(17(3)16-12)8-11-5-4-6-14-9-11/h10-11,14H,4-9H2,1-3H3. The van der Waals surface area contributed by atoms with Crippen LogP contribution in [0.3, 0.4) is 0 Å². The van der Waals surface area contributed by atoms with Gasteiger partial charge in [0, 0.05) is 19.9 Å². The first-order valence-electron chi connectivity index (χ1n) is 6.74. The van der Waals surface area contributed by atoms with Gasteiger partial charge in [-0.3, -0.25) is 4.68 Å². The first-order chi connectivity index (χ1) is 8.15. The molecule has 2 rings (SSSR count). The molecule has 1 saturated heterocycles. The molecule has 1 aliphatic rings. The second kappa shape index (κ2) is 5.63. The van der Waals surface area contributed by atoms with E-state index >= 15 is 0 Å². The molecule has 0 bridgehead atoms. The highest BCUT2D eigenvalue weighted by Gasteiger charge is 2.17. The Morgan fingerprint density at radius 1 is 1.47 bits per heavy atom. The number of piperidine rings is 1. The highest BCUT2D eigenvalue weighted by atomic mass is 15.3. The van der Waals surface area contributed by atoms with E-state index in [0.29, 0.717) is 5.92 Å². The SMILES string of the molecule is CC(C)Cc1nc(CC2CCCNC2)n(C)n1.